The van der Waals surface area contributed by atoms with Crippen LogP contribution in [0.5, 0.6) is 0 Å². The van der Waals surface area contributed by atoms with Crippen LogP contribution in [-0.2, 0) is 16.0 Å². The second-order valence-corrected chi connectivity index (χ2v) is 4.79. The average Bonchev–Trinajstić information content (AvgIpc) is 2.77. The summed E-state index contributed by atoms with van der Waals surface area (Å²) in [6.07, 6.45) is 4.41. The highest BCUT2D eigenvalue weighted by Crippen LogP contribution is 2.14. The van der Waals surface area contributed by atoms with Crippen molar-refractivity contribution in [1.82, 2.24) is 9.88 Å². The largest absolute Gasteiger partial charge is 0.481 e. The van der Waals surface area contributed by atoms with Crippen molar-refractivity contribution in [2.75, 3.05) is 13.6 Å². The second kappa shape index (κ2) is 6.23. The predicted molar refractivity (Wildman–Crippen MR) is 68.1 cm³/mol. The molecule has 0 aromatic carbocycles. The SMILES string of the molecule is CC(C)C(C(=O)O)C(=O)N(C)CCc1cc[nH]c1. The van der Waals surface area contributed by atoms with Crippen molar-refractivity contribution in [3.8, 4) is 0 Å². The summed E-state index contributed by atoms with van der Waals surface area (Å²) in [4.78, 5) is 27.5. The number of amides is 1. The van der Waals surface area contributed by atoms with Gasteiger partial charge in [-0.05, 0) is 24.0 Å². The number of hydrogen-bond acceptors (Lipinski definition) is 2. The van der Waals surface area contributed by atoms with Gasteiger partial charge in [-0.15, -0.1) is 0 Å². The number of carbonyl (C=O) groups is 2. The number of carbonyl (C=O) groups excluding carboxylic acids is 1. The molecular weight excluding hydrogens is 232 g/mol. The van der Waals surface area contributed by atoms with E-state index in [1.807, 2.05) is 18.5 Å². The zero-order valence-electron chi connectivity index (χ0n) is 11.0. The first-order chi connectivity index (χ1) is 8.43. The van der Waals surface area contributed by atoms with Crippen LogP contribution < -0.4 is 0 Å². The van der Waals surface area contributed by atoms with Gasteiger partial charge in [0.05, 0.1) is 0 Å². The van der Waals surface area contributed by atoms with Gasteiger partial charge in [0, 0.05) is 26.0 Å². The van der Waals surface area contributed by atoms with Crippen molar-refractivity contribution < 1.29 is 14.7 Å². The number of H-pyrrole nitrogens is 1. The number of nitrogens with zero attached hydrogens (tertiary/aromatic N) is 1. The zero-order valence-corrected chi connectivity index (χ0v) is 11.0. The Kier molecular flexibility index (Phi) is 4.95. The third-order valence-electron chi connectivity index (χ3n) is 2.97. The summed E-state index contributed by atoms with van der Waals surface area (Å²) < 4.78 is 0. The lowest BCUT2D eigenvalue weighted by molar-refractivity contribution is -0.152. The molecule has 100 valence electrons. The van der Waals surface area contributed by atoms with Crippen molar-refractivity contribution in [2.24, 2.45) is 11.8 Å². The third-order valence-corrected chi connectivity index (χ3v) is 2.97. The molecule has 1 heterocycles. The molecule has 1 aromatic rings. The van der Waals surface area contributed by atoms with Gasteiger partial charge in [-0.2, -0.15) is 0 Å². The molecule has 0 aliphatic rings. The van der Waals surface area contributed by atoms with Gasteiger partial charge in [0.1, 0.15) is 5.92 Å². The lowest BCUT2D eigenvalue weighted by atomic mass is 9.94. The van der Waals surface area contributed by atoms with Crippen molar-refractivity contribution in [3.63, 3.8) is 0 Å². The molecule has 1 amide bonds. The first-order valence-electron chi connectivity index (χ1n) is 6.03. The van der Waals surface area contributed by atoms with Crippen LogP contribution in [0.4, 0.5) is 0 Å². The maximum atomic E-state index is 12.0. The molecule has 0 saturated heterocycles. The van der Waals surface area contributed by atoms with Gasteiger partial charge < -0.3 is 15.0 Å². The van der Waals surface area contributed by atoms with E-state index in [1.165, 1.54) is 4.90 Å². The maximum Gasteiger partial charge on any atom is 0.316 e. The van der Waals surface area contributed by atoms with E-state index in [2.05, 4.69) is 4.98 Å². The van der Waals surface area contributed by atoms with E-state index in [4.69, 9.17) is 5.11 Å². The van der Waals surface area contributed by atoms with Crippen molar-refractivity contribution in [1.29, 1.82) is 0 Å². The minimum atomic E-state index is -1.05. The topological polar surface area (TPSA) is 73.4 Å². The van der Waals surface area contributed by atoms with Gasteiger partial charge in [-0.1, -0.05) is 13.8 Å². The molecule has 0 aliphatic heterocycles. The molecule has 0 fully saturated rings. The first-order valence-corrected chi connectivity index (χ1v) is 6.03. The summed E-state index contributed by atoms with van der Waals surface area (Å²) in [7, 11) is 1.65. The maximum absolute atomic E-state index is 12.0. The summed E-state index contributed by atoms with van der Waals surface area (Å²) in [6, 6.07) is 1.94. The summed E-state index contributed by atoms with van der Waals surface area (Å²) in [5.74, 6) is -2.54. The Hall–Kier alpha value is -1.78. The average molecular weight is 252 g/mol. The molecule has 5 heteroatoms. The number of aromatic nitrogens is 1. The minimum Gasteiger partial charge on any atom is -0.481 e. The number of nitrogens with one attached hydrogen (secondary N) is 1. The zero-order chi connectivity index (χ0) is 13.7. The Labute approximate surface area is 107 Å². The molecule has 18 heavy (non-hydrogen) atoms. The highest BCUT2D eigenvalue weighted by molar-refractivity contribution is 5.97. The molecule has 0 aliphatic carbocycles. The fourth-order valence-corrected chi connectivity index (χ4v) is 1.83. The highest BCUT2D eigenvalue weighted by atomic mass is 16.4. The minimum absolute atomic E-state index is 0.204. The molecular formula is C13H20N2O3. The van der Waals surface area contributed by atoms with Crippen LogP contribution in [0.3, 0.4) is 0 Å². The van der Waals surface area contributed by atoms with Crippen LogP contribution in [0.1, 0.15) is 19.4 Å². The van der Waals surface area contributed by atoms with Crippen LogP contribution in [-0.4, -0.2) is 40.5 Å². The second-order valence-electron chi connectivity index (χ2n) is 4.79. The van der Waals surface area contributed by atoms with Gasteiger partial charge in [0.25, 0.3) is 0 Å². The Balaban J connectivity index is 2.57. The van der Waals surface area contributed by atoms with E-state index < -0.39 is 11.9 Å². The van der Waals surface area contributed by atoms with E-state index >= 15 is 0 Å². The normalized spacial score (nSPS) is 12.4. The van der Waals surface area contributed by atoms with Gasteiger partial charge >= 0.3 is 5.97 Å². The summed E-state index contributed by atoms with van der Waals surface area (Å²) >= 11 is 0. The van der Waals surface area contributed by atoms with E-state index in [0.29, 0.717) is 6.54 Å². The molecule has 0 saturated carbocycles. The monoisotopic (exact) mass is 252 g/mol. The lowest BCUT2D eigenvalue weighted by Crippen LogP contribution is -2.40. The van der Waals surface area contributed by atoms with Crippen LogP contribution in [0.2, 0.25) is 0 Å². The number of carboxylic acid groups (broad SMARTS) is 1. The number of rotatable bonds is 6. The quantitative estimate of drug-likeness (QED) is 0.751. The van der Waals surface area contributed by atoms with E-state index in [9.17, 15) is 9.59 Å². The number of aliphatic carboxylic acids is 1. The van der Waals surface area contributed by atoms with Gasteiger partial charge in [-0.25, -0.2) is 0 Å². The van der Waals surface area contributed by atoms with Gasteiger partial charge in [0.2, 0.25) is 5.91 Å². The Bertz CT molecular complexity index is 398. The summed E-state index contributed by atoms with van der Waals surface area (Å²) in [5.41, 5.74) is 1.10. The molecule has 0 radical (unpaired) electrons. The van der Waals surface area contributed by atoms with Gasteiger partial charge in [0.15, 0.2) is 0 Å². The highest BCUT2D eigenvalue weighted by Gasteiger charge is 2.31. The molecule has 1 aromatic heterocycles. The molecule has 1 unspecified atom stereocenters. The number of carboxylic acids is 1. The molecule has 5 nitrogen and oxygen atoms in total. The van der Waals surface area contributed by atoms with Crippen LogP contribution in [0.15, 0.2) is 18.5 Å². The standard InChI is InChI=1S/C13H20N2O3/c1-9(2)11(13(17)18)12(16)15(3)7-5-10-4-6-14-8-10/h4,6,8-9,11,14H,5,7H2,1-3H3,(H,17,18). The van der Waals surface area contributed by atoms with E-state index in [0.717, 1.165) is 12.0 Å². The third kappa shape index (κ3) is 3.61. The first kappa shape index (κ1) is 14.3. The van der Waals surface area contributed by atoms with E-state index in [-0.39, 0.29) is 11.8 Å². The molecule has 2 N–H and O–H groups in total. The number of likely N-dealkylation sites (N-methyl/N-ethyl adjacent to an activating group) is 1. The van der Waals surface area contributed by atoms with Crippen LogP contribution >= 0.6 is 0 Å². The van der Waals surface area contributed by atoms with Crippen molar-refractivity contribution in [2.45, 2.75) is 20.3 Å². The Morgan fingerprint density at radius 1 is 1.44 bits per heavy atom. The summed E-state index contributed by atoms with van der Waals surface area (Å²) in [6.45, 7) is 4.01. The molecule has 1 atom stereocenters. The van der Waals surface area contributed by atoms with Crippen LogP contribution in [0, 0.1) is 11.8 Å². The van der Waals surface area contributed by atoms with Gasteiger partial charge in [-0.3, -0.25) is 9.59 Å². The predicted octanol–water partition coefficient (Wildman–Crippen LogP) is 1.37. The van der Waals surface area contributed by atoms with Crippen molar-refractivity contribution >= 4 is 11.9 Å². The summed E-state index contributed by atoms with van der Waals surface area (Å²) in [5, 5.41) is 9.06. The van der Waals surface area contributed by atoms with Crippen molar-refractivity contribution in [3.05, 3.63) is 24.0 Å². The Morgan fingerprint density at radius 2 is 2.11 bits per heavy atom. The Morgan fingerprint density at radius 3 is 2.56 bits per heavy atom. The van der Waals surface area contributed by atoms with E-state index in [1.54, 1.807) is 20.9 Å². The fourth-order valence-electron chi connectivity index (χ4n) is 1.83. The molecule has 0 spiro atoms. The number of hydrogen-bond donors (Lipinski definition) is 2. The molecule has 0 bridgehead atoms. The smallest absolute Gasteiger partial charge is 0.316 e. The number of aromatic amines is 1. The van der Waals surface area contributed by atoms with Crippen LogP contribution in [0.25, 0.3) is 0 Å². The lowest BCUT2D eigenvalue weighted by Gasteiger charge is -2.23. The molecule has 1 rings (SSSR count). The fraction of sp³-hybridized carbons (Fsp3) is 0.538.